The quantitative estimate of drug-likeness (QED) is 0.842. The van der Waals surface area contributed by atoms with E-state index in [0.717, 1.165) is 23.4 Å². The molecule has 4 rings (SSSR count). The smallest absolute Gasteiger partial charge is 0.270 e. The van der Waals surface area contributed by atoms with E-state index in [2.05, 4.69) is 5.16 Å². The SMILES string of the molecule is Cc1noc(C)c1CN1C[C@@]2(CCN(C(=O)c3cccn3C)C2)CC1=O. The molecule has 138 valence electrons. The topological polar surface area (TPSA) is 71.6 Å². The lowest BCUT2D eigenvalue weighted by Gasteiger charge is -2.24. The highest BCUT2D eigenvalue weighted by atomic mass is 16.5. The first-order valence-electron chi connectivity index (χ1n) is 8.99. The largest absolute Gasteiger partial charge is 0.361 e. The lowest BCUT2D eigenvalue weighted by Crippen LogP contribution is -2.34. The highest BCUT2D eigenvalue weighted by molar-refractivity contribution is 5.93. The molecule has 2 aromatic rings. The number of carbonyl (C=O) groups excluding carboxylic acids is 2. The molecule has 2 aliphatic heterocycles. The Morgan fingerprint density at radius 1 is 1.35 bits per heavy atom. The van der Waals surface area contributed by atoms with Crippen molar-refractivity contribution >= 4 is 11.8 Å². The van der Waals surface area contributed by atoms with Crippen molar-refractivity contribution in [3.8, 4) is 0 Å². The fourth-order valence-electron chi connectivity index (χ4n) is 4.27. The van der Waals surface area contributed by atoms with Gasteiger partial charge in [-0.3, -0.25) is 9.59 Å². The molecule has 0 radical (unpaired) electrons. The van der Waals surface area contributed by atoms with Gasteiger partial charge < -0.3 is 18.9 Å². The zero-order valence-corrected chi connectivity index (χ0v) is 15.5. The van der Waals surface area contributed by atoms with Crippen molar-refractivity contribution in [3.63, 3.8) is 0 Å². The number of aryl methyl sites for hydroxylation is 3. The summed E-state index contributed by atoms with van der Waals surface area (Å²) < 4.78 is 7.06. The second kappa shape index (κ2) is 6.00. The Morgan fingerprint density at radius 2 is 2.15 bits per heavy atom. The summed E-state index contributed by atoms with van der Waals surface area (Å²) in [5, 5.41) is 3.98. The van der Waals surface area contributed by atoms with Crippen LogP contribution in [0.4, 0.5) is 0 Å². The average Bonchev–Trinajstić information content (AvgIpc) is 3.34. The number of amides is 2. The molecular formula is C19H24N4O3. The first-order valence-corrected chi connectivity index (χ1v) is 8.99. The lowest BCUT2D eigenvalue weighted by atomic mass is 9.86. The van der Waals surface area contributed by atoms with Crippen LogP contribution in [-0.4, -0.2) is 51.0 Å². The predicted molar refractivity (Wildman–Crippen MR) is 94.4 cm³/mol. The Labute approximate surface area is 152 Å². The van der Waals surface area contributed by atoms with Gasteiger partial charge in [-0.05, 0) is 32.4 Å². The van der Waals surface area contributed by atoms with Crippen LogP contribution in [0.1, 0.15) is 40.3 Å². The summed E-state index contributed by atoms with van der Waals surface area (Å²) in [5.41, 5.74) is 2.39. The lowest BCUT2D eigenvalue weighted by molar-refractivity contribution is -0.128. The van der Waals surface area contributed by atoms with Gasteiger partial charge in [-0.1, -0.05) is 5.16 Å². The number of nitrogens with zero attached hydrogens (tertiary/aromatic N) is 4. The number of aromatic nitrogens is 2. The van der Waals surface area contributed by atoms with Gasteiger partial charge in [-0.15, -0.1) is 0 Å². The number of hydrogen-bond donors (Lipinski definition) is 0. The van der Waals surface area contributed by atoms with Crippen LogP contribution in [0, 0.1) is 19.3 Å². The van der Waals surface area contributed by atoms with Gasteiger partial charge in [0.1, 0.15) is 11.5 Å². The van der Waals surface area contributed by atoms with Gasteiger partial charge in [0.25, 0.3) is 5.91 Å². The molecular weight excluding hydrogens is 332 g/mol. The Kier molecular flexibility index (Phi) is 3.89. The van der Waals surface area contributed by atoms with Crippen LogP contribution in [0.3, 0.4) is 0 Å². The molecule has 0 aromatic carbocycles. The third-order valence-corrected chi connectivity index (χ3v) is 5.82. The minimum absolute atomic E-state index is 0.0472. The molecule has 2 fully saturated rings. The number of hydrogen-bond acceptors (Lipinski definition) is 4. The first kappa shape index (κ1) is 16.9. The summed E-state index contributed by atoms with van der Waals surface area (Å²) in [7, 11) is 1.88. The molecule has 1 spiro atoms. The van der Waals surface area contributed by atoms with E-state index >= 15 is 0 Å². The van der Waals surface area contributed by atoms with E-state index in [1.54, 1.807) is 0 Å². The molecule has 7 heteroatoms. The van der Waals surface area contributed by atoms with Gasteiger partial charge in [0.2, 0.25) is 5.91 Å². The first-order chi connectivity index (χ1) is 12.4. The van der Waals surface area contributed by atoms with Crippen molar-refractivity contribution in [2.24, 2.45) is 12.5 Å². The Morgan fingerprint density at radius 3 is 2.81 bits per heavy atom. The number of carbonyl (C=O) groups is 2. The third-order valence-electron chi connectivity index (χ3n) is 5.82. The zero-order chi connectivity index (χ0) is 18.5. The van der Waals surface area contributed by atoms with Crippen LogP contribution >= 0.6 is 0 Å². The van der Waals surface area contributed by atoms with Gasteiger partial charge in [0, 0.05) is 50.3 Å². The van der Waals surface area contributed by atoms with Gasteiger partial charge in [0.15, 0.2) is 0 Å². The summed E-state index contributed by atoms with van der Waals surface area (Å²) in [5.74, 6) is 0.965. The number of likely N-dealkylation sites (tertiary alicyclic amines) is 2. The van der Waals surface area contributed by atoms with Gasteiger partial charge >= 0.3 is 0 Å². The summed E-state index contributed by atoms with van der Waals surface area (Å²) in [6.07, 6.45) is 3.25. The molecule has 0 N–H and O–H groups in total. The summed E-state index contributed by atoms with van der Waals surface area (Å²) in [6, 6.07) is 3.72. The molecule has 2 aliphatic rings. The van der Waals surface area contributed by atoms with Gasteiger partial charge in [0.05, 0.1) is 12.2 Å². The maximum Gasteiger partial charge on any atom is 0.270 e. The fraction of sp³-hybridized carbons (Fsp3) is 0.526. The van der Waals surface area contributed by atoms with Crippen LogP contribution in [0.15, 0.2) is 22.9 Å². The molecule has 0 unspecified atom stereocenters. The molecule has 2 saturated heterocycles. The van der Waals surface area contributed by atoms with Gasteiger partial charge in [-0.2, -0.15) is 0 Å². The van der Waals surface area contributed by atoms with Crippen LogP contribution in [-0.2, 0) is 18.4 Å². The molecule has 0 saturated carbocycles. The summed E-state index contributed by atoms with van der Waals surface area (Å²) in [4.78, 5) is 29.2. The van der Waals surface area contributed by atoms with Crippen molar-refractivity contribution in [2.75, 3.05) is 19.6 Å². The molecule has 4 heterocycles. The minimum atomic E-state index is -0.128. The van der Waals surface area contributed by atoms with E-state index in [0.29, 0.717) is 38.3 Å². The average molecular weight is 356 g/mol. The molecule has 1 atom stereocenters. The minimum Gasteiger partial charge on any atom is -0.361 e. The van der Waals surface area contributed by atoms with Crippen LogP contribution in [0.25, 0.3) is 0 Å². The maximum absolute atomic E-state index is 12.8. The second-order valence-corrected chi connectivity index (χ2v) is 7.71. The monoisotopic (exact) mass is 356 g/mol. The molecule has 2 amide bonds. The standard InChI is InChI=1S/C19H24N4O3/c1-13-15(14(2)26-20-13)10-23-12-19(9-17(23)24)6-8-22(11-19)18(25)16-5-4-7-21(16)3/h4-5,7H,6,8-12H2,1-3H3/t19-/m0/s1. The van der Waals surface area contributed by atoms with E-state index in [9.17, 15) is 9.59 Å². The Balaban J connectivity index is 1.47. The zero-order valence-electron chi connectivity index (χ0n) is 15.5. The van der Waals surface area contributed by atoms with E-state index in [1.165, 1.54) is 0 Å². The third kappa shape index (κ3) is 2.71. The van der Waals surface area contributed by atoms with Crippen molar-refractivity contribution in [2.45, 2.75) is 33.2 Å². The van der Waals surface area contributed by atoms with Gasteiger partial charge in [-0.25, -0.2) is 0 Å². The van der Waals surface area contributed by atoms with Crippen LogP contribution < -0.4 is 0 Å². The highest BCUT2D eigenvalue weighted by Gasteiger charge is 2.48. The molecule has 7 nitrogen and oxygen atoms in total. The second-order valence-electron chi connectivity index (χ2n) is 7.71. The molecule has 0 bridgehead atoms. The fourth-order valence-corrected chi connectivity index (χ4v) is 4.27. The predicted octanol–water partition coefficient (Wildman–Crippen LogP) is 1.89. The van der Waals surface area contributed by atoms with Crippen LogP contribution in [0.2, 0.25) is 0 Å². The molecule has 2 aromatic heterocycles. The summed E-state index contributed by atoms with van der Waals surface area (Å²) in [6.45, 7) is 6.34. The molecule has 0 aliphatic carbocycles. The van der Waals surface area contributed by atoms with E-state index < -0.39 is 0 Å². The molecule has 26 heavy (non-hydrogen) atoms. The normalized spacial score (nSPS) is 22.8. The highest BCUT2D eigenvalue weighted by Crippen LogP contribution is 2.41. The Hall–Kier alpha value is -2.57. The van der Waals surface area contributed by atoms with E-state index in [-0.39, 0.29) is 17.2 Å². The van der Waals surface area contributed by atoms with Crippen molar-refractivity contribution in [3.05, 3.63) is 41.0 Å². The van der Waals surface area contributed by atoms with Crippen molar-refractivity contribution in [1.29, 1.82) is 0 Å². The van der Waals surface area contributed by atoms with Crippen molar-refractivity contribution < 1.29 is 14.1 Å². The number of rotatable bonds is 3. The summed E-state index contributed by atoms with van der Waals surface area (Å²) >= 11 is 0. The van der Waals surface area contributed by atoms with E-state index in [1.807, 2.05) is 53.6 Å². The Bertz CT molecular complexity index is 849. The maximum atomic E-state index is 12.8. The van der Waals surface area contributed by atoms with Crippen molar-refractivity contribution in [1.82, 2.24) is 19.5 Å². The van der Waals surface area contributed by atoms with Crippen LogP contribution in [0.5, 0.6) is 0 Å². The van der Waals surface area contributed by atoms with E-state index in [4.69, 9.17) is 4.52 Å².